The van der Waals surface area contributed by atoms with Crippen LogP contribution in [-0.4, -0.2) is 19.8 Å². The van der Waals surface area contributed by atoms with E-state index in [1.54, 1.807) is 51.8 Å². The summed E-state index contributed by atoms with van der Waals surface area (Å²) in [5, 5.41) is 0. The van der Waals surface area contributed by atoms with Crippen molar-refractivity contribution < 1.29 is 0 Å². The second-order valence-electron chi connectivity index (χ2n) is 10.4. The molecule has 0 aromatic heterocycles. The van der Waals surface area contributed by atoms with Crippen LogP contribution in [0.25, 0.3) is 0 Å². The SMILES string of the molecule is CCCCCCCCC[CH2][Sn+]([CH2]CCCCCCCCC)[CH2]CCCCCCCCC. The average Bonchev–Trinajstić information content (AvgIpc) is 2.78. The maximum atomic E-state index is 2.33. The molecule has 0 heterocycles. The third-order valence-corrected chi connectivity index (χ3v) is 16.2. The van der Waals surface area contributed by atoms with Gasteiger partial charge in [0.05, 0.1) is 0 Å². The Hall–Kier alpha value is 0.799. The van der Waals surface area contributed by atoms with Crippen molar-refractivity contribution in [1.82, 2.24) is 0 Å². The second-order valence-corrected chi connectivity index (χ2v) is 19.0. The first-order chi connectivity index (χ1) is 15.3. The standard InChI is InChI=1S/3C10H21.Sn/c3*1-3-5-7-9-10-8-6-4-2;/h3*1,3-10H2,2H3;/q;;;+1. The molecular weight excluding hydrogens is 479 g/mol. The van der Waals surface area contributed by atoms with Gasteiger partial charge < -0.3 is 0 Å². The van der Waals surface area contributed by atoms with Crippen LogP contribution in [0.15, 0.2) is 0 Å². The van der Waals surface area contributed by atoms with Crippen molar-refractivity contribution in [2.24, 2.45) is 0 Å². The zero-order valence-electron chi connectivity index (χ0n) is 22.6. The van der Waals surface area contributed by atoms with Crippen molar-refractivity contribution in [3.63, 3.8) is 0 Å². The van der Waals surface area contributed by atoms with Crippen molar-refractivity contribution in [3.05, 3.63) is 0 Å². The van der Waals surface area contributed by atoms with Gasteiger partial charge in [-0.2, -0.15) is 0 Å². The Morgan fingerprint density at radius 3 is 0.677 bits per heavy atom. The van der Waals surface area contributed by atoms with Crippen molar-refractivity contribution in [1.29, 1.82) is 0 Å². The van der Waals surface area contributed by atoms with E-state index in [1.807, 2.05) is 0 Å². The van der Waals surface area contributed by atoms with Crippen molar-refractivity contribution >= 4 is 19.8 Å². The normalized spacial score (nSPS) is 11.3. The summed E-state index contributed by atoms with van der Waals surface area (Å²) in [7, 11) is 0. The van der Waals surface area contributed by atoms with Gasteiger partial charge >= 0.3 is 208 Å². The van der Waals surface area contributed by atoms with Crippen LogP contribution in [0.2, 0.25) is 13.3 Å². The molecule has 0 saturated heterocycles. The van der Waals surface area contributed by atoms with Crippen molar-refractivity contribution in [2.75, 3.05) is 0 Å². The molecule has 0 aliphatic rings. The van der Waals surface area contributed by atoms with E-state index in [4.69, 9.17) is 0 Å². The van der Waals surface area contributed by atoms with E-state index in [2.05, 4.69) is 20.8 Å². The Labute approximate surface area is 207 Å². The fourth-order valence-electron chi connectivity index (χ4n) is 4.90. The van der Waals surface area contributed by atoms with Crippen LogP contribution in [0.3, 0.4) is 0 Å². The van der Waals surface area contributed by atoms with Crippen LogP contribution in [0, 0.1) is 0 Å². The van der Waals surface area contributed by atoms with Crippen LogP contribution >= 0.6 is 0 Å². The third-order valence-electron chi connectivity index (χ3n) is 7.15. The Balaban J connectivity index is 3.82. The molecule has 0 nitrogen and oxygen atoms in total. The molecule has 0 spiro atoms. The molecule has 0 aliphatic heterocycles. The monoisotopic (exact) mass is 543 g/mol. The fraction of sp³-hybridized carbons (Fsp3) is 1.00. The fourth-order valence-corrected chi connectivity index (χ4v) is 13.5. The summed E-state index contributed by atoms with van der Waals surface area (Å²) in [4.78, 5) is 0. The average molecular weight is 543 g/mol. The van der Waals surface area contributed by atoms with E-state index in [0.29, 0.717) is 0 Å². The van der Waals surface area contributed by atoms with Crippen LogP contribution in [0.4, 0.5) is 0 Å². The van der Waals surface area contributed by atoms with Gasteiger partial charge in [0.2, 0.25) is 0 Å². The molecule has 0 atom stereocenters. The number of rotatable bonds is 27. The molecule has 0 saturated carbocycles. The zero-order valence-corrected chi connectivity index (χ0v) is 25.4. The van der Waals surface area contributed by atoms with Gasteiger partial charge in [-0.15, -0.1) is 0 Å². The molecule has 0 fully saturated rings. The molecule has 0 bridgehead atoms. The van der Waals surface area contributed by atoms with Crippen LogP contribution < -0.4 is 0 Å². The van der Waals surface area contributed by atoms with E-state index in [9.17, 15) is 0 Å². The van der Waals surface area contributed by atoms with Crippen LogP contribution in [0.1, 0.15) is 175 Å². The molecule has 0 aromatic rings. The molecule has 0 rings (SSSR count). The molecule has 0 unspecified atom stereocenters. The van der Waals surface area contributed by atoms with Gasteiger partial charge in [-0.3, -0.25) is 0 Å². The first-order valence-electron chi connectivity index (χ1n) is 15.2. The maximum absolute atomic E-state index is 2.33. The van der Waals surface area contributed by atoms with Gasteiger partial charge in [0.1, 0.15) is 0 Å². The van der Waals surface area contributed by atoms with E-state index in [0.717, 1.165) is 0 Å². The third kappa shape index (κ3) is 26.9. The Bertz CT molecular complexity index is 253. The van der Waals surface area contributed by atoms with E-state index in [1.165, 1.54) is 116 Å². The first-order valence-corrected chi connectivity index (χ1v) is 21.2. The number of hydrogen-bond acceptors (Lipinski definition) is 0. The molecule has 0 N–H and O–H groups in total. The Morgan fingerprint density at radius 2 is 0.452 bits per heavy atom. The van der Waals surface area contributed by atoms with Gasteiger partial charge in [-0.05, 0) is 0 Å². The summed E-state index contributed by atoms with van der Waals surface area (Å²) in [6, 6.07) is 0. The van der Waals surface area contributed by atoms with Crippen LogP contribution in [0.5, 0.6) is 0 Å². The molecule has 0 aromatic carbocycles. The zero-order chi connectivity index (χ0) is 22.7. The van der Waals surface area contributed by atoms with Crippen molar-refractivity contribution in [2.45, 2.75) is 188 Å². The summed E-state index contributed by atoms with van der Waals surface area (Å²) in [6.07, 6.45) is 36.0. The summed E-state index contributed by atoms with van der Waals surface area (Å²) in [5.41, 5.74) is 0. The van der Waals surface area contributed by atoms with Crippen molar-refractivity contribution in [3.8, 4) is 0 Å². The second kappa shape index (κ2) is 28.8. The van der Waals surface area contributed by atoms with E-state index >= 15 is 0 Å². The molecule has 0 amide bonds. The molecule has 0 aliphatic carbocycles. The Morgan fingerprint density at radius 1 is 0.258 bits per heavy atom. The molecule has 1 heteroatoms. The minimum atomic E-state index is -1.06. The van der Waals surface area contributed by atoms with Gasteiger partial charge in [0.15, 0.2) is 0 Å². The minimum absolute atomic E-state index is 1.06. The number of unbranched alkanes of at least 4 members (excludes halogenated alkanes) is 21. The molecule has 31 heavy (non-hydrogen) atoms. The summed E-state index contributed by atoms with van der Waals surface area (Å²) in [6.45, 7) is 6.98. The summed E-state index contributed by atoms with van der Waals surface area (Å²) in [5.74, 6) is 0. The predicted octanol–water partition coefficient (Wildman–Crippen LogP) is 11.9. The van der Waals surface area contributed by atoms with Gasteiger partial charge in [-0.25, -0.2) is 0 Å². The first kappa shape index (κ1) is 31.8. The van der Waals surface area contributed by atoms with Gasteiger partial charge in [0, 0.05) is 0 Å². The van der Waals surface area contributed by atoms with E-state index in [-0.39, 0.29) is 0 Å². The van der Waals surface area contributed by atoms with E-state index < -0.39 is 19.8 Å². The van der Waals surface area contributed by atoms with Gasteiger partial charge in [-0.1, -0.05) is 0 Å². The molecule has 186 valence electrons. The summed E-state index contributed by atoms with van der Waals surface area (Å²) < 4.78 is 5.18. The van der Waals surface area contributed by atoms with Crippen LogP contribution in [-0.2, 0) is 0 Å². The number of hydrogen-bond donors (Lipinski definition) is 0. The topological polar surface area (TPSA) is 0 Å². The van der Waals surface area contributed by atoms with Gasteiger partial charge in [0.25, 0.3) is 0 Å². The Kier molecular flexibility index (Phi) is 29.6. The molecule has 0 radical (unpaired) electrons. The summed E-state index contributed by atoms with van der Waals surface area (Å²) >= 11 is -1.06. The molecular formula is C30H63Sn+. The quantitative estimate of drug-likeness (QED) is 0.0715. The predicted molar refractivity (Wildman–Crippen MR) is 148 cm³/mol.